The fourth-order valence-corrected chi connectivity index (χ4v) is 2.95. The van der Waals surface area contributed by atoms with Crippen molar-refractivity contribution >= 4 is 17.5 Å². The van der Waals surface area contributed by atoms with Gasteiger partial charge in [0.05, 0.1) is 18.6 Å². The largest absolute Gasteiger partial charge is 0.492 e. The Labute approximate surface area is 119 Å². The van der Waals surface area contributed by atoms with Crippen molar-refractivity contribution < 1.29 is 19.4 Å². The second-order valence-corrected chi connectivity index (χ2v) is 5.24. The van der Waals surface area contributed by atoms with Crippen molar-refractivity contribution in [3.8, 4) is 22.8 Å². The number of hydrogen-bond acceptors (Lipinski definition) is 5. The van der Waals surface area contributed by atoms with Gasteiger partial charge >= 0.3 is 5.97 Å². The molecule has 0 saturated carbocycles. The standard InChI is InChI=1S/C14H13NO4S/c1-18-13-11(7-20-15-13)8-2-3-12-9(4-8)5-10(6-19-12)14(16)17/h2-4,7,10H,5-6H2,1H3,(H,16,17). The van der Waals surface area contributed by atoms with E-state index in [-0.39, 0.29) is 6.61 Å². The summed E-state index contributed by atoms with van der Waals surface area (Å²) in [5, 5.41) is 11.0. The topological polar surface area (TPSA) is 68.7 Å². The molecule has 2 aromatic rings. The lowest BCUT2D eigenvalue weighted by Gasteiger charge is -2.23. The lowest BCUT2D eigenvalue weighted by molar-refractivity contribution is -0.143. The number of aromatic nitrogens is 1. The van der Waals surface area contributed by atoms with Gasteiger partial charge in [0, 0.05) is 5.38 Å². The lowest BCUT2D eigenvalue weighted by Crippen LogP contribution is -2.27. The van der Waals surface area contributed by atoms with Gasteiger partial charge in [-0.2, -0.15) is 4.37 Å². The minimum atomic E-state index is -0.823. The Morgan fingerprint density at radius 1 is 1.55 bits per heavy atom. The maximum Gasteiger partial charge on any atom is 0.310 e. The van der Waals surface area contributed by atoms with Crippen molar-refractivity contribution in [1.82, 2.24) is 4.37 Å². The summed E-state index contributed by atoms with van der Waals surface area (Å²) < 4.78 is 14.9. The van der Waals surface area contributed by atoms with Crippen LogP contribution >= 0.6 is 11.5 Å². The Kier molecular flexibility index (Phi) is 3.31. The van der Waals surface area contributed by atoms with Gasteiger partial charge < -0.3 is 14.6 Å². The zero-order valence-electron chi connectivity index (χ0n) is 10.8. The average Bonchev–Trinajstić information content (AvgIpc) is 2.94. The monoisotopic (exact) mass is 291 g/mol. The van der Waals surface area contributed by atoms with Crippen molar-refractivity contribution in [3.63, 3.8) is 0 Å². The second-order valence-electron chi connectivity index (χ2n) is 4.61. The van der Waals surface area contributed by atoms with Gasteiger partial charge in [0.1, 0.15) is 12.4 Å². The van der Waals surface area contributed by atoms with Gasteiger partial charge in [0.25, 0.3) is 0 Å². The summed E-state index contributed by atoms with van der Waals surface area (Å²) in [6.45, 7) is 0.227. The molecule has 1 N–H and O–H groups in total. The van der Waals surface area contributed by atoms with E-state index in [1.54, 1.807) is 7.11 Å². The number of carboxylic acids is 1. The van der Waals surface area contributed by atoms with E-state index >= 15 is 0 Å². The highest BCUT2D eigenvalue weighted by Crippen LogP contribution is 2.35. The van der Waals surface area contributed by atoms with E-state index in [1.165, 1.54) is 11.5 Å². The normalized spacial score (nSPS) is 17.1. The summed E-state index contributed by atoms with van der Waals surface area (Å²) in [5.41, 5.74) is 2.79. The lowest BCUT2D eigenvalue weighted by atomic mass is 9.94. The summed E-state index contributed by atoms with van der Waals surface area (Å²) >= 11 is 1.33. The van der Waals surface area contributed by atoms with Crippen LogP contribution in [0.3, 0.4) is 0 Å². The van der Waals surface area contributed by atoms with Crippen LogP contribution in [-0.4, -0.2) is 29.2 Å². The number of fused-ring (bicyclic) bond motifs is 1. The number of rotatable bonds is 3. The predicted octanol–water partition coefficient (Wildman–Crippen LogP) is 2.45. The molecular formula is C14H13NO4S. The molecule has 0 fully saturated rings. The number of carbonyl (C=O) groups is 1. The Morgan fingerprint density at radius 2 is 2.40 bits per heavy atom. The molecule has 0 saturated heterocycles. The number of carboxylic acid groups (broad SMARTS) is 1. The van der Waals surface area contributed by atoms with Crippen LogP contribution in [0.2, 0.25) is 0 Å². The van der Waals surface area contributed by atoms with Gasteiger partial charge in [-0.3, -0.25) is 4.79 Å². The molecule has 1 aromatic carbocycles. The van der Waals surface area contributed by atoms with Crippen LogP contribution in [0, 0.1) is 5.92 Å². The molecule has 1 aromatic heterocycles. The molecular weight excluding hydrogens is 278 g/mol. The SMILES string of the molecule is COc1nscc1-c1ccc2c(c1)CC(C(=O)O)CO2. The van der Waals surface area contributed by atoms with Crippen LogP contribution in [0.5, 0.6) is 11.6 Å². The summed E-state index contributed by atoms with van der Waals surface area (Å²) in [4.78, 5) is 11.1. The van der Waals surface area contributed by atoms with Crippen LogP contribution < -0.4 is 9.47 Å². The molecule has 0 bridgehead atoms. The van der Waals surface area contributed by atoms with E-state index in [4.69, 9.17) is 14.6 Å². The van der Waals surface area contributed by atoms with Crippen LogP contribution in [0.25, 0.3) is 11.1 Å². The molecule has 0 spiro atoms. The number of aliphatic carboxylic acids is 1. The van der Waals surface area contributed by atoms with E-state index in [0.29, 0.717) is 12.3 Å². The summed E-state index contributed by atoms with van der Waals surface area (Å²) in [6.07, 6.45) is 0.485. The molecule has 1 atom stereocenters. The number of hydrogen-bond donors (Lipinski definition) is 1. The summed E-state index contributed by atoms with van der Waals surface area (Å²) in [6, 6.07) is 5.77. The van der Waals surface area contributed by atoms with E-state index in [2.05, 4.69) is 4.37 Å². The first-order valence-corrected chi connectivity index (χ1v) is 7.00. The van der Waals surface area contributed by atoms with E-state index in [9.17, 15) is 4.79 Å². The molecule has 2 heterocycles. The highest BCUT2D eigenvalue weighted by atomic mass is 32.1. The third-order valence-electron chi connectivity index (χ3n) is 3.36. The number of nitrogens with zero attached hydrogens (tertiary/aromatic N) is 1. The van der Waals surface area contributed by atoms with Crippen molar-refractivity contribution in [2.45, 2.75) is 6.42 Å². The highest BCUT2D eigenvalue weighted by molar-refractivity contribution is 7.04. The summed E-state index contributed by atoms with van der Waals surface area (Å²) in [5.74, 6) is 0.0333. The highest BCUT2D eigenvalue weighted by Gasteiger charge is 2.26. The quantitative estimate of drug-likeness (QED) is 0.940. The Morgan fingerprint density at radius 3 is 3.15 bits per heavy atom. The van der Waals surface area contributed by atoms with Gasteiger partial charge in [0.15, 0.2) is 0 Å². The van der Waals surface area contributed by atoms with E-state index in [0.717, 1.165) is 22.4 Å². The smallest absolute Gasteiger partial charge is 0.310 e. The molecule has 0 amide bonds. The first-order valence-electron chi connectivity index (χ1n) is 6.16. The molecule has 0 radical (unpaired) electrons. The molecule has 5 nitrogen and oxygen atoms in total. The average molecular weight is 291 g/mol. The summed E-state index contributed by atoms with van der Waals surface area (Å²) in [7, 11) is 1.58. The van der Waals surface area contributed by atoms with Gasteiger partial charge in [-0.25, -0.2) is 0 Å². The fraction of sp³-hybridized carbons (Fsp3) is 0.286. The number of ether oxygens (including phenoxy) is 2. The molecule has 6 heteroatoms. The number of benzene rings is 1. The van der Waals surface area contributed by atoms with Crippen LogP contribution in [-0.2, 0) is 11.2 Å². The van der Waals surface area contributed by atoms with E-state index in [1.807, 2.05) is 23.6 Å². The molecule has 104 valence electrons. The molecule has 1 unspecified atom stereocenters. The Bertz CT molecular complexity index is 652. The van der Waals surface area contributed by atoms with Crippen molar-refractivity contribution in [2.75, 3.05) is 13.7 Å². The minimum absolute atomic E-state index is 0.227. The van der Waals surface area contributed by atoms with Gasteiger partial charge in [-0.15, -0.1) is 0 Å². The van der Waals surface area contributed by atoms with Crippen molar-refractivity contribution in [2.24, 2.45) is 5.92 Å². The Balaban J connectivity index is 1.97. The van der Waals surface area contributed by atoms with Crippen molar-refractivity contribution in [3.05, 3.63) is 29.1 Å². The molecule has 3 rings (SSSR count). The van der Waals surface area contributed by atoms with E-state index < -0.39 is 11.9 Å². The zero-order chi connectivity index (χ0) is 14.1. The maximum absolute atomic E-state index is 11.1. The maximum atomic E-state index is 11.1. The predicted molar refractivity (Wildman–Crippen MR) is 74.4 cm³/mol. The molecule has 0 aliphatic carbocycles. The second kappa shape index (κ2) is 5.13. The van der Waals surface area contributed by atoms with Crippen LogP contribution in [0.4, 0.5) is 0 Å². The van der Waals surface area contributed by atoms with Gasteiger partial charge in [-0.05, 0) is 41.2 Å². The van der Waals surface area contributed by atoms with Gasteiger partial charge in [0.2, 0.25) is 5.88 Å². The third kappa shape index (κ3) is 2.22. The minimum Gasteiger partial charge on any atom is -0.492 e. The molecule has 20 heavy (non-hydrogen) atoms. The molecule has 1 aliphatic rings. The van der Waals surface area contributed by atoms with Crippen LogP contribution in [0.15, 0.2) is 23.6 Å². The molecule has 1 aliphatic heterocycles. The fourth-order valence-electron chi connectivity index (χ4n) is 2.29. The Hall–Kier alpha value is -2.08. The number of methoxy groups -OCH3 is 1. The first kappa shape index (κ1) is 12.9. The van der Waals surface area contributed by atoms with Gasteiger partial charge in [-0.1, -0.05) is 6.07 Å². The first-order chi connectivity index (χ1) is 9.69. The third-order valence-corrected chi connectivity index (χ3v) is 3.97. The van der Waals surface area contributed by atoms with Crippen molar-refractivity contribution in [1.29, 1.82) is 0 Å². The van der Waals surface area contributed by atoms with Crippen LogP contribution in [0.1, 0.15) is 5.56 Å². The zero-order valence-corrected chi connectivity index (χ0v) is 11.6.